The fourth-order valence-corrected chi connectivity index (χ4v) is 4.04. The summed E-state index contributed by atoms with van der Waals surface area (Å²) in [6.45, 7) is 7.02. The number of aromatic nitrogens is 2. The smallest absolute Gasteiger partial charge is 0.410 e. The number of amides is 2. The molecule has 1 saturated carbocycles. The number of halogens is 1. The van der Waals surface area contributed by atoms with E-state index in [-0.39, 0.29) is 17.5 Å². The highest BCUT2D eigenvalue weighted by Crippen LogP contribution is 2.45. The number of nitrogens with zero attached hydrogens (tertiary/aromatic N) is 4. The van der Waals surface area contributed by atoms with Crippen molar-refractivity contribution in [2.45, 2.75) is 44.8 Å². The van der Waals surface area contributed by atoms with Crippen LogP contribution in [0.25, 0.3) is 10.9 Å². The topological polar surface area (TPSA) is 75.6 Å². The van der Waals surface area contributed by atoms with Crippen molar-refractivity contribution < 1.29 is 14.3 Å². The second-order valence-electron chi connectivity index (χ2n) is 8.47. The van der Waals surface area contributed by atoms with Gasteiger partial charge >= 0.3 is 6.09 Å². The van der Waals surface area contributed by atoms with Crippen LogP contribution in [0.3, 0.4) is 0 Å². The van der Waals surface area contributed by atoms with E-state index >= 15 is 0 Å². The highest BCUT2D eigenvalue weighted by Gasteiger charge is 2.55. The van der Waals surface area contributed by atoms with Crippen molar-refractivity contribution in [2.24, 2.45) is 0 Å². The normalized spacial score (nSPS) is 18.4. The van der Waals surface area contributed by atoms with E-state index in [1.54, 1.807) is 9.80 Å². The molecule has 0 N–H and O–H groups in total. The molecule has 4 rings (SSSR count). The Morgan fingerprint density at radius 3 is 2.61 bits per heavy atom. The molecule has 2 amide bonds. The molecule has 1 spiro atoms. The summed E-state index contributed by atoms with van der Waals surface area (Å²) in [7, 11) is 0. The number of carbonyl (C=O) groups excluding carboxylic acids is 2. The maximum atomic E-state index is 13.2. The van der Waals surface area contributed by atoms with Crippen molar-refractivity contribution in [2.75, 3.05) is 19.6 Å². The number of ether oxygens (including phenoxy) is 1. The first kappa shape index (κ1) is 19.1. The summed E-state index contributed by atoms with van der Waals surface area (Å²) >= 11 is 3.45. The number of benzene rings is 1. The molecule has 2 fully saturated rings. The average molecular weight is 447 g/mol. The molecule has 0 radical (unpaired) electrons. The first-order chi connectivity index (χ1) is 13.2. The van der Waals surface area contributed by atoms with Crippen LogP contribution in [-0.2, 0) is 4.74 Å². The molecule has 7 nitrogen and oxygen atoms in total. The monoisotopic (exact) mass is 446 g/mol. The number of rotatable bonds is 1. The van der Waals surface area contributed by atoms with Crippen molar-refractivity contribution >= 4 is 38.8 Å². The van der Waals surface area contributed by atoms with Crippen molar-refractivity contribution in [1.29, 1.82) is 0 Å². The van der Waals surface area contributed by atoms with Crippen molar-refractivity contribution in [3.8, 4) is 0 Å². The Morgan fingerprint density at radius 2 is 1.93 bits per heavy atom. The van der Waals surface area contributed by atoms with Crippen LogP contribution in [-0.4, -0.2) is 62.5 Å². The number of hydrogen-bond acceptors (Lipinski definition) is 5. The molecule has 1 aliphatic heterocycles. The molecule has 1 aromatic heterocycles. The quantitative estimate of drug-likeness (QED) is 0.668. The summed E-state index contributed by atoms with van der Waals surface area (Å²) < 4.78 is 6.43. The fraction of sp³-hybridized carbons (Fsp3) is 0.500. The summed E-state index contributed by atoms with van der Waals surface area (Å²) in [5, 5.41) is 0.723. The van der Waals surface area contributed by atoms with E-state index in [2.05, 4.69) is 25.9 Å². The van der Waals surface area contributed by atoms with Gasteiger partial charge in [0.15, 0.2) is 0 Å². The van der Waals surface area contributed by atoms with E-state index in [4.69, 9.17) is 4.74 Å². The van der Waals surface area contributed by atoms with E-state index in [0.29, 0.717) is 25.3 Å². The van der Waals surface area contributed by atoms with Crippen molar-refractivity contribution in [3.63, 3.8) is 0 Å². The molecular weight excluding hydrogens is 424 g/mol. The highest BCUT2D eigenvalue weighted by atomic mass is 79.9. The van der Waals surface area contributed by atoms with Gasteiger partial charge in [0.2, 0.25) is 0 Å². The largest absolute Gasteiger partial charge is 0.444 e. The van der Waals surface area contributed by atoms with E-state index < -0.39 is 5.60 Å². The zero-order valence-corrected chi connectivity index (χ0v) is 17.8. The second-order valence-corrected chi connectivity index (χ2v) is 9.38. The SMILES string of the molecule is CC(C)(C)OC(=O)N1CCN(C(=O)c2ncnc3ccc(Br)cc23)CC12CC2. The Bertz CT molecular complexity index is 952. The lowest BCUT2D eigenvalue weighted by Crippen LogP contribution is -2.59. The minimum Gasteiger partial charge on any atom is -0.444 e. The first-order valence-corrected chi connectivity index (χ1v) is 10.2. The second kappa shape index (κ2) is 6.69. The van der Waals surface area contributed by atoms with Gasteiger partial charge in [-0.15, -0.1) is 0 Å². The third kappa shape index (κ3) is 3.57. The van der Waals surface area contributed by atoms with Crippen molar-refractivity contribution in [1.82, 2.24) is 19.8 Å². The Balaban J connectivity index is 1.56. The number of carbonyl (C=O) groups is 2. The van der Waals surface area contributed by atoms with Gasteiger partial charge in [-0.1, -0.05) is 15.9 Å². The summed E-state index contributed by atoms with van der Waals surface area (Å²) in [5.74, 6) is -0.124. The van der Waals surface area contributed by atoms with Crippen LogP contribution in [0.5, 0.6) is 0 Å². The molecular formula is C20H23BrN4O3. The van der Waals surface area contributed by atoms with Crippen LogP contribution in [0.2, 0.25) is 0 Å². The first-order valence-electron chi connectivity index (χ1n) is 9.39. The molecule has 0 bridgehead atoms. The lowest BCUT2D eigenvalue weighted by Gasteiger charge is -2.42. The van der Waals surface area contributed by atoms with E-state index in [0.717, 1.165) is 28.2 Å². The van der Waals surface area contributed by atoms with E-state index in [1.807, 2.05) is 39.0 Å². The standard InChI is InChI=1S/C20H23BrN4O3/c1-19(2,3)28-18(27)25-9-8-24(11-20(25)6-7-20)17(26)16-14-10-13(21)4-5-15(14)22-12-23-16/h4-5,10,12H,6-9,11H2,1-3H3. The van der Waals surface area contributed by atoms with Crippen LogP contribution in [0, 0.1) is 0 Å². The van der Waals surface area contributed by atoms with Crippen LogP contribution < -0.4 is 0 Å². The molecule has 2 heterocycles. The van der Waals surface area contributed by atoms with E-state index in [9.17, 15) is 9.59 Å². The Morgan fingerprint density at radius 1 is 1.18 bits per heavy atom. The van der Waals surface area contributed by atoms with Gasteiger partial charge in [0, 0.05) is 29.5 Å². The molecule has 2 aliphatic rings. The zero-order chi connectivity index (χ0) is 20.1. The molecule has 2 aromatic rings. The van der Waals surface area contributed by atoms with Gasteiger partial charge in [-0.05, 0) is 51.8 Å². The maximum Gasteiger partial charge on any atom is 0.410 e. The zero-order valence-electron chi connectivity index (χ0n) is 16.2. The minimum absolute atomic E-state index is 0.124. The number of hydrogen-bond donors (Lipinski definition) is 0. The lowest BCUT2D eigenvalue weighted by atomic mass is 10.1. The van der Waals surface area contributed by atoms with E-state index in [1.165, 1.54) is 6.33 Å². The third-order valence-corrected chi connectivity index (χ3v) is 5.67. The van der Waals surface area contributed by atoms with Gasteiger partial charge in [0.25, 0.3) is 5.91 Å². The van der Waals surface area contributed by atoms with Gasteiger partial charge in [-0.25, -0.2) is 14.8 Å². The Hall–Kier alpha value is -2.22. The van der Waals surface area contributed by atoms with Gasteiger partial charge < -0.3 is 9.64 Å². The molecule has 148 valence electrons. The molecule has 0 atom stereocenters. The molecule has 1 aliphatic carbocycles. The number of piperazine rings is 1. The summed E-state index contributed by atoms with van der Waals surface area (Å²) in [4.78, 5) is 38.0. The summed E-state index contributed by atoms with van der Waals surface area (Å²) in [5.41, 5.74) is 0.287. The molecule has 28 heavy (non-hydrogen) atoms. The number of fused-ring (bicyclic) bond motifs is 1. The molecule has 1 saturated heterocycles. The van der Waals surface area contributed by atoms with Crippen LogP contribution >= 0.6 is 15.9 Å². The van der Waals surface area contributed by atoms with Crippen molar-refractivity contribution in [3.05, 3.63) is 34.7 Å². The van der Waals surface area contributed by atoms with Crippen LogP contribution in [0.1, 0.15) is 44.1 Å². The predicted molar refractivity (Wildman–Crippen MR) is 108 cm³/mol. The van der Waals surface area contributed by atoms with Gasteiger partial charge in [0.05, 0.1) is 11.1 Å². The Kier molecular flexibility index (Phi) is 4.56. The summed E-state index contributed by atoms with van der Waals surface area (Å²) in [6.07, 6.45) is 2.89. The van der Waals surface area contributed by atoms with Crippen LogP contribution in [0.4, 0.5) is 4.79 Å². The fourth-order valence-electron chi connectivity index (χ4n) is 3.67. The molecule has 8 heteroatoms. The lowest BCUT2D eigenvalue weighted by molar-refractivity contribution is -0.00578. The molecule has 0 unspecified atom stereocenters. The van der Waals surface area contributed by atoms with Gasteiger partial charge in [-0.2, -0.15) is 0 Å². The van der Waals surface area contributed by atoms with Gasteiger partial charge in [-0.3, -0.25) is 9.69 Å². The molecule has 1 aromatic carbocycles. The maximum absolute atomic E-state index is 13.2. The highest BCUT2D eigenvalue weighted by molar-refractivity contribution is 9.10. The third-order valence-electron chi connectivity index (χ3n) is 5.18. The van der Waals surface area contributed by atoms with Crippen LogP contribution in [0.15, 0.2) is 29.0 Å². The Labute approximate surface area is 172 Å². The average Bonchev–Trinajstić information content (AvgIpc) is 3.38. The summed E-state index contributed by atoms with van der Waals surface area (Å²) in [6, 6.07) is 5.62. The predicted octanol–water partition coefficient (Wildman–Crippen LogP) is 3.62. The minimum atomic E-state index is -0.534. The van der Waals surface area contributed by atoms with Gasteiger partial charge in [0.1, 0.15) is 17.6 Å².